The van der Waals surface area contributed by atoms with E-state index in [2.05, 4.69) is 10.3 Å². The molecule has 2 aromatic carbocycles. The van der Waals surface area contributed by atoms with E-state index in [1.807, 2.05) is 37.3 Å². The molecule has 7 heteroatoms. The van der Waals surface area contributed by atoms with Crippen LogP contribution in [0.2, 0.25) is 0 Å². The third kappa shape index (κ3) is 5.01. The summed E-state index contributed by atoms with van der Waals surface area (Å²) in [6, 6.07) is 15.5. The van der Waals surface area contributed by atoms with E-state index in [-0.39, 0.29) is 30.7 Å². The van der Waals surface area contributed by atoms with Gasteiger partial charge >= 0.3 is 0 Å². The van der Waals surface area contributed by atoms with Crippen molar-refractivity contribution in [2.45, 2.75) is 13.5 Å². The Labute approximate surface area is 166 Å². The number of nitrogens with zero attached hydrogens (tertiary/aromatic N) is 2. The number of likely N-dealkylation sites (N-methyl/N-ethyl adjacent to an activating group) is 1. The Morgan fingerprint density at radius 3 is 2.50 bits per heavy atom. The minimum absolute atomic E-state index is 0.0608. The Kier molecular flexibility index (Phi) is 6.49. The highest BCUT2D eigenvalue weighted by molar-refractivity contribution is 7.13. The summed E-state index contributed by atoms with van der Waals surface area (Å²) in [4.78, 5) is 30.8. The highest BCUT2D eigenvalue weighted by Gasteiger charge is 2.20. The number of amides is 2. The minimum Gasteiger partial charge on any atom is -0.350 e. The van der Waals surface area contributed by atoms with E-state index >= 15 is 0 Å². The third-order valence-electron chi connectivity index (χ3n) is 4.15. The Morgan fingerprint density at radius 2 is 1.82 bits per heavy atom. The lowest BCUT2D eigenvalue weighted by atomic mass is 10.2. The largest absolute Gasteiger partial charge is 0.350 e. The Hall–Kier alpha value is -3.06. The van der Waals surface area contributed by atoms with E-state index in [0.29, 0.717) is 12.2 Å². The van der Waals surface area contributed by atoms with E-state index in [1.165, 1.54) is 28.4 Å². The molecule has 2 amide bonds. The predicted molar refractivity (Wildman–Crippen MR) is 107 cm³/mol. The van der Waals surface area contributed by atoms with Crippen LogP contribution in [0.25, 0.3) is 10.6 Å². The summed E-state index contributed by atoms with van der Waals surface area (Å²) < 4.78 is 12.9. The highest BCUT2D eigenvalue weighted by atomic mass is 32.1. The standard InChI is InChI=1S/C21H20FN3O2S/c1-2-25(13-19(26)23-12-15-8-10-17(22)11-9-15)21(27)18-14-28-20(24-18)16-6-4-3-5-7-16/h3-11,14H,2,12-13H2,1H3,(H,23,26). The maximum absolute atomic E-state index is 12.9. The van der Waals surface area contributed by atoms with Crippen molar-refractivity contribution < 1.29 is 14.0 Å². The van der Waals surface area contributed by atoms with Gasteiger partial charge in [-0.1, -0.05) is 42.5 Å². The fourth-order valence-corrected chi connectivity index (χ4v) is 3.41. The van der Waals surface area contributed by atoms with E-state index in [0.717, 1.165) is 16.1 Å². The summed E-state index contributed by atoms with van der Waals surface area (Å²) >= 11 is 1.40. The molecule has 3 aromatic rings. The maximum atomic E-state index is 12.9. The zero-order chi connectivity index (χ0) is 19.9. The topological polar surface area (TPSA) is 62.3 Å². The average molecular weight is 397 g/mol. The first-order chi connectivity index (χ1) is 13.6. The molecule has 1 heterocycles. The molecule has 0 bridgehead atoms. The predicted octanol–water partition coefficient (Wildman–Crippen LogP) is 3.73. The zero-order valence-corrected chi connectivity index (χ0v) is 16.2. The van der Waals surface area contributed by atoms with Gasteiger partial charge in [0, 0.05) is 24.0 Å². The van der Waals surface area contributed by atoms with Crippen LogP contribution < -0.4 is 5.32 Å². The third-order valence-corrected chi connectivity index (χ3v) is 5.04. The van der Waals surface area contributed by atoms with Crippen molar-refractivity contribution in [1.82, 2.24) is 15.2 Å². The highest BCUT2D eigenvalue weighted by Crippen LogP contribution is 2.23. The number of thiazole rings is 1. The molecule has 0 aliphatic heterocycles. The van der Waals surface area contributed by atoms with Gasteiger partial charge in [-0.3, -0.25) is 9.59 Å². The number of hydrogen-bond acceptors (Lipinski definition) is 4. The molecule has 0 radical (unpaired) electrons. The fraction of sp³-hybridized carbons (Fsp3) is 0.190. The van der Waals surface area contributed by atoms with Crippen molar-refractivity contribution in [1.29, 1.82) is 0 Å². The quantitative estimate of drug-likeness (QED) is 0.661. The molecular weight excluding hydrogens is 377 g/mol. The van der Waals surface area contributed by atoms with Gasteiger partial charge in [-0.2, -0.15) is 0 Å². The van der Waals surface area contributed by atoms with Crippen LogP contribution in [0.4, 0.5) is 4.39 Å². The molecule has 0 unspecified atom stereocenters. The molecule has 144 valence electrons. The van der Waals surface area contributed by atoms with Gasteiger partial charge in [-0.15, -0.1) is 11.3 Å². The van der Waals surface area contributed by atoms with Crippen molar-refractivity contribution in [3.63, 3.8) is 0 Å². The van der Waals surface area contributed by atoms with Crippen molar-refractivity contribution in [3.8, 4) is 10.6 Å². The Balaban J connectivity index is 1.59. The van der Waals surface area contributed by atoms with Gasteiger partial charge in [0.1, 0.15) is 16.5 Å². The van der Waals surface area contributed by atoms with Gasteiger partial charge in [0.25, 0.3) is 5.91 Å². The minimum atomic E-state index is -0.323. The van der Waals surface area contributed by atoms with Crippen LogP contribution in [0.1, 0.15) is 23.0 Å². The molecule has 28 heavy (non-hydrogen) atoms. The molecule has 1 aromatic heterocycles. The molecule has 0 aliphatic rings. The van der Waals surface area contributed by atoms with Crippen LogP contribution in [0, 0.1) is 5.82 Å². The average Bonchev–Trinajstić information content (AvgIpc) is 3.22. The number of carbonyl (C=O) groups excluding carboxylic acids is 2. The number of benzene rings is 2. The zero-order valence-electron chi connectivity index (χ0n) is 15.4. The molecule has 0 saturated carbocycles. The van der Waals surface area contributed by atoms with E-state index in [4.69, 9.17) is 0 Å². The molecule has 0 spiro atoms. The Morgan fingerprint density at radius 1 is 1.11 bits per heavy atom. The number of aromatic nitrogens is 1. The monoisotopic (exact) mass is 397 g/mol. The second-order valence-corrected chi connectivity index (χ2v) is 6.98. The van der Waals surface area contributed by atoms with Gasteiger partial charge in [0.2, 0.25) is 5.91 Å². The molecule has 0 aliphatic carbocycles. The maximum Gasteiger partial charge on any atom is 0.273 e. The lowest BCUT2D eigenvalue weighted by molar-refractivity contribution is -0.121. The molecule has 1 N–H and O–H groups in total. The normalized spacial score (nSPS) is 10.5. The lowest BCUT2D eigenvalue weighted by Crippen LogP contribution is -2.40. The van der Waals surface area contributed by atoms with E-state index < -0.39 is 0 Å². The molecular formula is C21H20FN3O2S. The summed E-state index contributed by atoms with van der Waals surface area (Å²) in [5.74, 6) is -0.883. The van der Waals surface area contributed by atoms with Crippen LogP contribution >= 0.6 is 11.3 Å². The van der Waals surface area contributed by atoms with Crippen LogP contribution in [-0.4, -0.2) is 34.8 Å². The summed E-state index contributed by atoms with van der Waals surface area (Å²) in [7, 11) is 0. The summed E-state index contributed by atoms with van der Waals surface area (Å²) in [6.45, 7) is 2.42. The number of nitrogens with one attached hydrogen (secondary N) is 1. The van der Waals surface area contributed by atoms with E-state index in [1.54, 1.807) is 17.5 Å². The molecule has 0 fully saturated rings. The molecule has 5 nitrogen and oxygen atoms in total. The first-order valence-corrected chi connectivity index (χ1v) is 9.76. The van der Waals surface area contributed by atoms with Gasteiger partial charge in [0.05, 0.1) is 6.54 Å². The van der Waals surface area contributed by atoms with Gasteiger partial charge in [0.15, 0.2) is 0 Å². The van der Waals surface area contributed by atoms with Crippen LogP contribution in [-0.2, 0) is 11.3 Å². The van der Waals surface area contributed by atoms with Crippen LogP contribution in [0.15, 0.2) is 60.0 Å². The number of halogens is 1. The molecule has 3 rings (SSSR count). The van der Waals surface area contributed by atoms with Crippen molar-refractivity contribution in [2.75, 3.05) is 13.1 Å². The fourth-order valence-electron chi connectivity index (χ4n) is 2.61. The first-order valence-electron chi connectivity index (χ1n) is 8.88. The number of rotatable bonds is 7. The van der Waals surface area contributed by atoms with Crippen molar-refractivity contribution >= 4 is 23.2 Å². The second-order valence-electron chi connectivity index (χ2n) is 6.13. The summed E-state index contributed by atoms with van der Waals surface area (Å²) in [5, 5.41) is 5.22. The Bertz CT molecular complexity index is 942. The lowest BCUT2D eigenvalue weighted by Gasteiger charge is -2.19. The van der Waals surface area contributed by atoms with Crippen LogP contribution in [0.3, 0.4) is 0 Å². The van der Waals surface area contributed by atoms with Gasteiger partial charge < -0.3 is 10.2 Å². The van der Waals surface area contributed by atoms with E-state index in [9.17, 15) is 14.0 Å². The number of carbonyl (C=O) groups is 2. The summed E-state index contributed by atoms with van der Waals surface area (Å²) in [5.41, 5.74) is 2.07. The molecule has 0 atom stereocenters. The number of hydrogen-bond donors (Lipinski definition) is 1. The van der Waals surface area contributed by atoms with Gasteiger partial charge in [-0.25, -0.2) is 9.37 Å². The smallest absolute Gasteiger partial charge is 0.273 e. The van der Waals surface area contributed by atoms with Crippen molar-refractivity contribution in [3.05, 3.63) is 77.1 Å². The second kappa shape index (κ2) is 9.23. The first kappa shape index (κ1) is 19.7. The van der Waals surface area contributed by atoms with Crippen molar-refractivity contribution in [2.24, 2.45) is 0 Å². The van der Waals surface area contributed by atoms with Gasteiger partial charge in [-0.05, 0) is 24.6 Å². The summed E-state index contributed by atoms with van der Waals surface area (Å²) in [6.07, 6.45) is 0. The SMILES string of the molecule is CCN(CC(=O)NCc1ccc(F)cc1)C(=O)c1csc(-c2ccccc2)n1. The van der Waals surface area contributed by atoms with Crippen LogP contribution in [0.5, 0.6) is 0 Å². The molecule has 0 saturated heterocycles.